The van der Waals surface area contributed by atoms with Crippen LogP contribution in [0.15, 0.2) is 53.6 Å². The smallest absolute Gasteiger partial charge is 0.271 e. The first-order valence-corrected chi connectivity index (χ1v) is 9.75. The summed E-state index contributed by atoms with van der Waals surface area (Å²) < 4.78 is 5.38. The topological polar surface area (TPSA) is 151 Å². The van der Waals surface area contributed by atoms with Gasteiger partial charge < -0.3 is 20.1 Å². The zero-order valence-corrected chi connectivity index (χ0v) is 16.9. The van der Waals surface area contributed by atoms with Crippen LogP contribution in [0.3, 0.4) is 0 Å². The van der Waals surface area contributed by atoms with Crippen molar-refractivity contribution in [2.75, 3.05) is 41.9 Å². The average molecular weight is 436 g/mol. The number of phenols is 1. The molecule has 164 valence electrons. The number of nitro benzene ring substituents is 1. The zero-order valence-electron chi connectivity index (χ0n) is 16.9. The Morgan fingerprint density at radius 1 is 1.09 bits per heavy atom. The van der Waals surface area contributed by atoms with Crippen molar-refractivity contribution < 1.29 is 14.8 Å². The van der Waals surface area contributed by atoms with Gasteiger partial charge in [0, 0.05) is 30.9 Å². The summed E-state index contributed by atoms with van der Waals surface area (Å²) in [5, 5.41) is 27.7. The molecule has 1 aliphatic heterocycles. The van der Waals surface area contributed by atoms with Gasteiger partial charge in [-0.05, 0) is 23.8 Å². The summed E-state index contributed by atoms with van der Waals surface area (Å²) >= 11 is 0. The number of aromatic nitrogens is 3. The van der Waals surface area contributed by atoms with Crippen molar-refractivity contribution in [3.05, 3.63) is 64.2 Å². The third-order valence-corrected chi connectivity index (χ3v) is 4.48. The van der Waals surface area contributed by atoms with Gasteiger partial charge in [-0.2, -0.15) is 20.1 Å². The van der Waals surface area contributed by atoms with E-state index in [1.165, 1.54) is 18.3 Å². The second-order valence-corrected chi connectivity index (χ2v) is 6.78. The number of rotatable bonds is 7. The van der Waals surface area contributed by atoms with Crippen LogP contribution in [0.5, 0.6) is 5.75 Å². The highest BCUT2D eigenvalue weighted by molar-refractivity contribution is 5.80. The van der Waals surface area contributed by atoms with Crippen LogP contribution in [0.2, 0.25) is 0 Å². The molecule has 0 atom stereocenters. The van der Waals surface area contributed by atoms with Crippen molar-refractivity contribution in [3.63, 3.8) is 0 Å². The summed E-state index contributed by atoms with van der Waals surface area (Å²) in [7, 11) is 0. The number of morpholine rings is 1. The molecule has 32 heavy (non-hydrogen) atoms. The molecule has 3 aromatic rings. The molecular formula is C20H20N8O4. The number of hydrazone groups is 1. The van der Waals surface area contributed by atoms with Crippen LogP contribution in [0.25, 0.3) is 0 Å². The van der Waals surface area contributed by atoms with Gasteiger partial charge in [0.2, 0.25) is 17.8 Å². The Labute approximate surface area is 182 Å². The highest BCUT2D eigenvalue weighted by atomic mass is 16.6. The van der Waals surface area contributed by atoms with Gasteiger partial charge in [-0.3, -0.25) is 10.1 Å². The maximum absolute atomic E-state index is 11.1. The summed E-state index contributed by atoms with van der Waals surface area (Å²) in [6.45, 7) is 2.34. The van der Waals surface area contributed by atoms with Crippen molar-refractivity contribution in [1.29, 1.82) is 0 Å². The Morgan fingerprint density at radius 2 is 1.88 bits per heavy atom. The van der Waals surface area contributed by atoms with Gasteiger partial charge in [-0.1, -0.05) is 18.2 Å². The number of non-ortho nitro benzene ring substituents is 1. The second-order valence-electron chi connectivity index (χ2n) is 6.78. The van der Waals surface area contributed by atoms with Gasteiger partial charge in [0.25, 0.3) is 5.69 Å². The van der Waals surface area contributed by atoms with Crippen molar-refractivity contribution in [2.24, 2.45) is 5.10 Å². The van der Waals surface area contributed by atoms with E-state index >= 15 is 0 Å². The maximum Gasteiger partial charge on any atom is 0.271 e. The Morgan fingerprint density at radius 3 is 2.66 bits per heavy atom. The predicted octanol–water partition coefficient (Wildman–Crippen LogP) is 2.51. The Balaban J connectivity index is 1.59. The fraction of sp³-hybridized carbons (Fsp3) is 0.200. The third kappa shape index (κ3) is 5.43. The van der Waals surface area contributed by atoms with E-state index in [1.54, 1.807) is 36.4 Å². The molecule has 0 saturated carbocycles. The monoisotopic (exact) mass is 436 g/mol. The molecule has 1 fully saturated rings. The number of phenolic OH excluding ortho intramolecular Hbond substituents is 1. The molecule has 1 saturated heterocycles. The lowest BCUT2D eigenvalue weighted by molar-refractivity contribution is -0.384. The molecule has 3 N–H and O–H groups in total. The molecule has 0 unspecified atom stereocenters. The van der Waals surface area contributed by atoms with Crippen LogP contribution >= 0.6 is 0 Å². The number of nitro groups is 1. The molecule has 0 radical (unpaired) electrons. The van der Waals surface area contributed by atoms with E-state index in [1.807, 2.05) is 4.90 Å². The molecular weight excluding hydrogens is 416 g/mol. The lowest BCUT2D eigenvalue weighted by atomic mass is 10.2. The molecule has 12 heteroatoms. The quantitative estimate of drug-likeness (QED) is 0.286. The third-order valence-electron chi connectivity index (χ3n) is 4.48. The first-order chi connectivity index (χ1) is 15.6. The predicted molar refractivity (Wildman–Crippen MR) is 119 cm³/mol. The van der Waals surface area contributed by atoms with Gasteiger partial charge in [-0.25, -0.2) is 5.43 Å². The molecule has 2 aromatic carbocycles. The number of nitrogens with one attached hydrogen (secondary N) is 2. The van der Waals surface area contributed by atoms with E-state index in [0.29, 0.717) is 43.5 Å². The Hall–Kier alpha value is -4.32. The average Bonchev–Trinajstić information content (AvgIpc) is 2.80. The summed E-state index contributed by atoms with van der Waals surface area (Å²) in [4.78, 5) is 25.7. The number of benzene rings is 2. The van der Waals surface area contributed by atoms with Gasteiger partial charge in [0.05, 0.1) is 24.4 Å². The summed E-state index contributed by atoms with van der Waals surface area (Å²) in [5.74, 6) is 0.946. The van der Waals surface area contributed by atoms with Crippen LogP contribution in [-0.4, -0.2) is 57.5 Å². The first-order valence-electron chi connectivity index (χ1n) is 9.75. The normalized spacial score (nSPS) is 13.8. The van der Waals surface area contributed by atoms with Crippen LogP contribution in [0, 0.1) is 10.1 Å². The van der Waals surface area contributed by atoms with Crippen LogP contribution in [0.4, 0.5) is 29.2 Å². The molecule has 0 bridgehead atoms. The highest BCUT2D eigenvalue weighted by Gasteiger charge is 2.17. The van der Waals surface area contributed by atoms with Crippen molar-refractivity contribution in [2.45, 2.75) is 0 Å². The minimum atomic E-state index is -0.471. The lowest BCUT2D eigenvalue weighted by Gasteiger charge is -2.27. The molecule has 2 heterocycles. The second kappa shape index (κ2) is 9.66. The largest absolute Gasteiger partial charge is 0.508 e. The van der Waals surface area contributed by atoms with Gasteiger partial charge in [-0.15, -0.1) is 0 Å². The number of hydrogen-bond acceptors (Lipinski definition) is 11. The Kier molecular flexibility index (Phi) is 6.32. The van der Waals surface area contributed by atoms with Crippen molar-refractivity contribution in [3.8, 4) is 5.75 Å². The zero-order chi connectivity index (χ0) is 22.3. The van der Waals surface area contributed by atoms with Crippen LogP contribution in [-0.2, 0) is 4.74 Å². The number of aromatic hydroxyl groups is 1. The van der Waals surface area contributed by atoms with Crippen LogP contribution < -0.4 is 15.6 Å². The Bertz CT molecular complexity index is 1130. The number of ether oxygens (including phenoxy) is 1. The van der Waals surface area contributed by atoms with Gasteiger partial charge >= 0.3 is 0 Å². The number of anilines is 4. The van der Waals surface area contributed by atoms with Gasteiger partial charge in [0.1, 0.15) is 5.75 Å². The van der Waals surface area contributed by atoms with E-state index in [9.17, 15) is 15.2 Å². The minimum Gasteiger partial charge on any atom is -0.508 e. The van der Waals surface area contributed by atoms with Gasteiger partial charge in [0.15, 0.2) is 0 Å². The van der Waals surface area contributed by atoms with Crippen molar-refractivity contribution >= 4 is 35.4 Å². The molecule has 0 spiro atoms. The number of hydrogen-bond donors (Lipinski definition) is 3. The van der Waals surface area contributed by atoms with E-state index in [-0.39, 0.29) is 23.3 Å². The maximum atomic E-state index is 11.1. The summed E-state index contributed by atoms with van der Waals surface area (Å²) in [5.41, 5.74) is 3.87. The molecule has 0 aliphatic carbocycles. The lowest BCUT2D eigenvalue weighted by Crippen LogP contribution is -2.37. The SMILES string of the molecule is O=[N+]([O-])c1cccc(Nc2nc(N/N=C\c3cccc(O)c3)nc(N3CCOCC3)n2)c1. The van der Waals surface area contributed by atoms with E-state index in [0.717, 1.165) is 0 Å². The fourth-order valence-electron chi connectivity index (χ4n) is 2.97. The summed E-state index contributed by atoms with van der Waals surface area (Å²) in [6.07, 6.45) is 1.52. The van der Waals surface area contributed by atoms with E-state index in [2.05, 4.69) is 30.8 Å². The molecule has 1 aliphatic rings. The van der Waals surface area contributed by atoms with E-state index in [4.69, 9.17) is 4.74 Å². The fourth-order valence-corrected chi connectivity index (χ4v) is 2.97. The molecule has 12 nitrogen and oxygen atoms in total. The highest BCUT2D eigenvalue weighted by Crippen LogP contribution is 2.22. The van der Waals surface area contributed by atoms with Crippen LogP contribution in [0.1, 0.15) is 5.56 Å². The van der Waals surface area contributed by atoms with Crippen molar-refractivity contribution in [1.82, 2.24) is 15.0 Å². The first kappa shape index (κ1) is 20.9. The summed E-state index contributed by atoms with van der Waals surface area (Å²) in [6, 6.07) is 12.7. The standard InChI is InChI=1S/C20H20N8O4/c29-17-6-1-3-14(11-17)13-21-26-19-23-18(22-15-4-2-5-16(12-15)28(30)31)24-20(25-19)27-7-9-32-10-8-27/h1-6,11-13,29H,7-10H2,(H2,22,23,24,25,26)/b21-13-. The number of nitrogens with zero attached hydrogens (tertiary/aromatic N) is 6. The molecule has 0 amide bonds. The van der Waals surface area contributed by atoms with E-state index < -0.39 is 4.92 Å². The molecule has 4 rings (SSSR count). The minimum absolute atomic E-state index is 0.0495. The molecule has 1 aromatic heterocycles.